The second-order valence-corrected chi connectivity index (χ2v) is 5.47. The summed E-state index contributed by atoms with van der Waals surface area (Å²) in [5.74, 6) is -0.268. The normalized spacial score (nSPS) is 12.3. The lowest BCUT2D eigenvalue weighted by molar-refractivity contribution is 0.0912. The van der Waals surface area contributed by atoms with Crippen molar-refractivity contribution >= 4 is 28.4 Å². The minimum Gasteiger partial charge on any atom is -0.394 e. The summed E-state index contributed by atoms with van der Waals surface area (Å²) in [5.41, 5.74) is 2.10. The number of nitrogens with one attached hydrogen (secondary N) is 2. The maximum Gasteiger partial charge on any atom is 0.268 e. The number of hydrogen-bond acceptors (Lipinski definition) is 2. The molecule has 1 heterocycles. The number of aromatic amines is 1. The molecule has 1 aromatic heterocycles. The highest BCUT2D eigenvalue weighted by atomic mass is 35.5. The monoisotopic (exact) mass is 314 g/mol. The van der Waals surface area contributed by atoms with Crippen LogP contribution in [0.5, 0.6) is 0 Å². The summed E-state index contributed by atoms with van der Waals surface area (Å²) in [6.45, 7) is -0.165. The standard InChI is InChI=1S/C17H15ClN2O2/c18-13-7-6-12-8-15(19-14(12)9-13)17(22)20-16(10-21)11-4-2-1-3-5-11/h1-9,16,19,21H,10H2,(H,20,22). The van der Waals surface area contributed by atoms with Gasteiger partial charge in [0.15, 0.2) is 0 Å². The molecule has 3 rings (SSSR count). The molecule has 0 saturated carbocycles. The number of amides is 1. The van der Waals surface area contributed by atoms with Crippen molar-refractivity contribution in [3.63, 3.8) is 0 Å². The smallest absolute Gasteiger partial charge is 0.268 e. The van der Waals surface area contributed by atoms with Gasteiger partial charge in [-0.1, -0.05) is 48.0 Å². The van der Waals surface area contributed by atoms with Gasteiger partial charge in [0.25, 0.3) is 5.91 Å². The summed E-state index contributed by atoms with van der Waals surface area (Å²) in [5, 5.41) is 13.9. The first-order chi connectivity index (χ1) is 10.7. The molecule has 0 aliphatic carbocycles. The second-order valence-electron chi connectivity index (χ2n) is 5.03. The molecule has 0 spiro atoms. The van der Waals surface area contributed by atoms with Gasteiger partial charge in [0.2, 0.25) is 0 Å². The summed E-state index contributed by atoms with van der Waals surface area (Å²) < 4.78 is 0. The van der Waals surface area contributed by atoms with Crippen LogP contribution in [0.15, 0.2) is 54.6 Å². The molecule has 3 N–H and O–H groups in total. The summed E-state index contributed by atoms with van der Waals surface area (Å²) in [6, 6.07) is 16.1. The van der Waals surface area contributed by atoms with E-state index in [2.05, 4.69) is 10.3 Å². The summed E-state index contributed by atoms with van der Waals surface area (Å²) in [6.07, 6.45) is 0. The van der Waals surface area contributed by atoms with Gasteiger partial charge in [0, 0.05) is 15.9 Å². The van der Waals surface area contributed by atoms with E-state index in [9.17, 15) is 9.90 Å². The van der Waals surface area contributed by atoms with Crippen LogP contribution in [-0.2, 0) is 0 Å². The molecule has 112 valence electrons. The highest BCUT2D eigenvalue weighted by molar-refractivity contribution is 6.31. The third kappa shape index (κ3) is 2.98. The molecular formula is C17H15ClN2O2. The van der Waals surface area contributed by atoms with E-state index in [0.29, 0.717) is 10.7 Å². The van der Waals surface area contributed by atoms with Crippen molar-refractivity contribution in [3.05, 3.63) is 70.9 Å². The minimum absolute atomic E-state index is 0.165. The molecule has 0 aliphatic heterocycles. The fourth-order valence-corrected chi connectivity index (χ4v) is 2.55. The van der Waals surface area contributed by atoms with Crippen LogP contribution in [0.1, 0.15) is 22.1 Å². The quantitative estimate of drug-likeness (QED) is 0.692. The van der Waals surface area contributed by atoms with Crippen molar-refractivity contribution in [1.29, 1.82) is 0 Å². The number of H-pyrrole nitrogens is 1. The van der Waals surface area contributed by atoms with E-state index in [1.807, 2.05) is 36.4 Å². The fraction of sp³-hybridized carbons (Fsp3) is 0.118. The van der Waals surface area contributed by atoms with E-state index in [1.165, 1.54) is 0 Å². The van der Waals surface area contributed by atoms with Gasteiger partial charge in [-0.05, 0) is 23.8 Å². The Morgan fingerprint density at radius 1 is 1.18 bits per heavy atom. The fourth-order valence-electron chi connectivity index (χ4n) is 2.38. The number of fused-ring (bicyclic) bond motifs is 1. The van der Waals surface area contributed by atoms with E-state index in [0.717, 1.165) is 16.5 Å². The average molecular weight is 315 g/mol. The molecule has 2 aromatic carbocycles. The molecule has 22 heavy (non-hydrogen) atoms. The number of carbonyl (C=O) groups is 1. The van der Waals surface area contributed by atoms with Crippen molar-refractivity contribution in [3.8, 4) is 0 Å². The van der Waals surface area contributed by atoms with E-state index < -0.39 is 6.04 Å². The van der Waals surface area contributed by atoms with Gasteiger partial charge < -0.3 is 15.4 Å². The Morgan fingerprint density at radius 2 is 1.95 bits per heavy atom. The molecule has 0 radical (unpaired) electrons. The van der Waals surface area contributed by atoms with E-state index >= 15 is 0 Å². The first kappa shape index (κ1) is 14.6. The molecule has 4 nitrogen and oxygen atoms in total. The van der Waals surface area contributed by atoms with Crippen LogP contribution >= 0.6 is 11.6 Å². The van der Waals surface area contributed by atoms with Crippen LogP contribution in [0, 0.1) is 0 Å². The minimum atomic E-state index is -0.441. The van der Waals surface area contributed by atoms with Crippen molar-refractivity contribution in [2.75, 3.05) is 6.61 Å². The Morgan fingerprint density at radius 3 is 2.68 bits per heavy atom. The molecular weight excluding hydrogens is 300 g/mol. The maximum absolute atomic E-state index is 12.4. The van der Waals surface area contributed by atoms with Crippen LogP contribution in [0.2, 0.25) is 5.02 Å². The number of halogens is 1. The molecule has 1 atom stereocenters. The Balaban J connectivity index is 1.83. The number of aromatic nitrogens is 1. The zero-order valence-corrected chi connectivity index (χ0v) is 12.5. The van der Waals surface area contributed by atoms with Crippen molar-refractivity contribution in [2.45, 2.75) is 6.04 Å². The Kier molecular flexibility index (Phi) is 4.13. The molecule has 0 bridgehead atoms. The van der Waals surface area contributed by atoms with Crippen LogP contribution in [-0.4, -0.2) is 22.6 Å². The average Bonchev–Trinajstić information content (AvgIpc) is 2.96. The predicted molar refractivity (Wildman–Crippen MR) is 87.0 cm³/mol. The lowest BCUT2D eigenvalue weighted by Gasteiger charge is -2.16. The van der Waals surface area contributed by atoms with Crippen molar-refractivity contribution in [2.24, 2.45) is 0 Å². The van der Waals surface area contributed by atoms with Gasteiger partial charge in [0.05, 0.1) is 12.6 Å². The van der Waals surface area contributed by atoms with Crippen LogP contribution in [0.25, 0.3) is 10.9 Å². The highest BCUT2D eigenvalue weighted by Gasteiger charge is 2.16. The number of aliphatic hydroxyl groups excluding tert-OH is 1. The van der Waals surface area contributed by atoms with Gasteiger partial charge in [0.1, 0.15) is 5.69 Å². The van der Waals surface area contributed by atoms with Gasteiger partial charge in [-0.15, -0.1) is 0 Å². The number of rotatable bonds is 4. The molecule has 0 aliphatic rings. The third-order valence-corrected chi connectivity index (χ3v) is 3.75. The first-order valence-electron chi connectivity index (χ1n) is 6.92. The van der Waals surface area contributed by atoms with E-state index in [1.54, 1.807) is 18.2 Å². The maximum atomic E-state index is 12.4. The molecule has 3 aromatic rings. The molecule has 0 fully saturated rings. The van der Waals surface area contributed by atoms with Crippen molar-refractivity contribution < 1.29 is 9.90 Å². The van der Waals surface area contributed by atoms with Crippen LogP contribution in [0.3, 0.4) is 0 Å². The summed E-state index contributed by atoms with van der Waals surface area (Å²) in [7, 11) is 0. The number of hydrogen-bond donors (Lipinski definition) is 3. The molecule has 0 saturated heterocycles. The van der Waals surface area contributed by atoms with Crippen molar-refractivity contribution in [1.82, 2.24) is 10.3 Å². The lowest BCUT2D eigenvalue weighted by Crippen LogP contribution is -2.30. The summed E-state index contributed by atoms with van der Waals surface area (Å²) >= 11 is 5.94. The predicted octanol–water partition coefficient (Wildman–Crippen LogP) is 3.28. The Labute approximate surface area is 132 Å². The van der Waals surface area contributed by atoms with Gasteiger partial charge in [-0.3, -0.25) is 4.79 Å². The topological polar surface area (TPSA) is 65.1 Å². The van der Waals surface area contributed by atoms with Gasteiger partial charge in [-0.2, -0.15) is 0 Å². The van der Waals surface area contributed by atoms with Crippen LogP contribution in [0.4, 0.5) is 0 Å². The first-order valence-corrected chi connectivity index (χ1v) is 7.30. The van der Waals surface area contributed by atoms with Gasteiger partial charge in [-0.25, -0.2) is 0 Å². The summed E-state index contributed by atoms with van der Waals surface area (Å²) in [4.78, 5) is 15.4. The molecule has 1 unspecified atom stereocenters. The number of benzene rings is 2. The van der Waals surface area contributed by atoms with E-state index in [-0.39, 0.29) is 12.5 Å². The lowest BCUT2D eigenvalue weighted by atomic mass is 10.1. The van der Waals surface area contributed by atoms with Crippen LogP contribution < -0.4 is 5.32 Å². The van der Waals surface area contributed by atoms with E-state index in [4.69, 9.17) is 11.6 Å². The number of carbonyl (C=O) groups excluding carboxylic acids is 1. The zero-order valence-electron chi connectivity index (χ0n) is 11.7. The Hall–Kier alpha value is -2.30. The zero-order chi connectivity index (χ0) is 15.5. The third-order valence-electron chi connectivity index (χ3n) is 3.52. The molecule has 1 amide bonds. The van der Waals surface area contributed by atoms with Gasteiger partial charge >= 0.3 is 0 Å². The second kappa shape index (κ2) is 6.22. The molecule has 5 heteroatoms. The Bertz CT molecular complexity index is 799. The number of aliphatic hydroxyl groups is 1. The largest absolute Gasteiger partial charge is 0.394 e. The SMILES string of the molecule is O=C(NC(CO)c1ccccc1)c1cc2ccc(Cl)cc2[nH]1. The highest BCUT2D eigenvalue weighted by Crippen LogP contribution is 2.20.